The number of aryl methyl sites for hydroxylation is 1. The van der Waals surface area contributed by atoms with Crippen LogP contribution in [0.3, 0.4) is 0 Å². The molecule has 5 aromatic carbocycles. The molecule has 0 fully saturated rings. The van der Waals surface area contributed by atoms with Crippen molar-refractivity contribution in [3.63, 3.8) is 0 Å². The summed E-state index contributed by atoms with van der Waals surface area (Å²) < 4.78 is 5.87. The summed E-state index contributed by atoms with van der Waals surface area (Å²) in [6.45, 7) is 2.64. The topological polar surface area (TPSA) is 80.6 Å². The highest BCUT2D eigenvalue weighted by Crippen LogP contribution is 2.38. The zero-order valence-corrected chi connectivity index (χ0v) is 27.0. The van der Waals surface area contributed by atoms with E-state index in [0.717, 1.165) is 51.2 Å². The lowest BCUT2D eigenvalue weighted by Crippen LogP contribution is -2.61. The molecular weight excluding hydrogens is 616 g/mol. The maximum atomic E-state index is 6.49. The molecule has 0 saturated heterocycles. The van der Waals surface area contributed by atoms with Crippen molar-refractivity contribution in [1.82, 2.24) is 34.9 Å². The summed E-state index contributed by atoms with van der Waals surface area (Å²) in [6.07, 6.45) is 2.63. The summed E-state index contributed by atoms with van der Waals surface area (Å²) in [5.74, 6) is 1.49. The number of nitrogens with one attached hydrogen (secondary N) is 1. The van der Waals surface area contributed by atoms with Crippen LogP contribution >= 0.6 is 11.6 Å². The van der Waals surface area contributed by atoms with E-state index in [4.69, 9.17) is 16.7 Å². The Morgan fingerprint density at radius 2 is 1.27 bits per heavy atom. The Bertz CT molecular complexity index is 2210. The number of aromatic amines is 1. The number of halogens is 1. The number of hydrogen-bond acceptors (Lipinski definition) is 4. The summed E-state index contributed by atoms with van der Waals surface area (Å²) in [5.41, 5.74) is 7.33. The van der Waals surface area contributed by atoms with Crippen LogP contribution in [-0.4, -0.2) is 34.9 Å². The molecule has 0 bridgehead atoms. The van der Waals surface area contributed by atoms with Crippen LogP contribution in [0.15, 0.2) is 146 Å². The van der Waals surface area contributed by atoms with Crippen molar-refractivity contribution in [3.05, 3.63) is 179 Å². The number of hydrogen-bond donors (Lipinski definition) is 1. The highest BCUT2D eigenvalue weighted by molar-refractivity contribution is 6.33. The molecule has 8 rings (SSSR count). The highest BCUT2D eigenvalue weighted by atomic mass is 35.5. The molecule has 0 saturated carbocycles. The molecule has 0 aliphatic heterocycles. The second-order valence-corrected chi connectivity index (χ2v) is 12.1. The molecule has 0 aliphatic carbocycles. The lowest BCUT2D eigenvalue weighted by molar-refractivity contribution is -0.779. The van der Waals surface area contributed by atoms with Crippen LogP contribution in [0.4, 0.5) is 0 Å². The van der Waals surface area contributed by atoms with Crippen LogP contribution < -0.4 is 4.68 Å². The van der Waals surface area contributed by atoms with E-state index in [1.54, 1.807) is 4.63 Å². The predicted octanol–water partition coefficient (Wildman–Crippen LogP) is 7.37. The highest BCUT2D eigenvalue weighted by Gasteiger charge is 2.46. The molecular formula is C39H32ClN8+. The lowest BCUT2D eigenvalue weighted by Gasteiger charge is -2.33. The molecule has 234 valence electrons. The Kier molecular flexibility index (Phi) is 7.62. The Hall–Kier alpha value is -5.86. The third kappa shape index (κ3) is 4.98. The first-order chi connectivity index (χ1) is 23.7. The Morgan fingerprint density at radius 3 is 1.85 bits per heavy atom. The van der Waals surface area contributed by atoms with Gasteiger partial charge in [-0.2, -0.15) is 0 Å². The normalized spacial score (nSPS) is 11.7. The molecule has 48 heavy (non-hydrogen) atoms. The molecule has 8 aromatic rings. The zero-order chi connectivity index (χ0) is 32.5. The Labute approximate surface area is 282 Å². The average molecular weight is 648 g/mol. The Morgan fingerprint density at radius 1 is 0.708 bits per heavy atom. The molecule has 1 N–H and O–H groups in total. The zero-order valence-electron chi connectivity index (χ0n) is 26.3. The smallest absolute Gasteiger partial charge is 0.265 e. The standard InChI is InChI=1S/C39H31ClN8/c1-2-36-41-38-35(40)27-46(48(38)43-36)26-28-22-24-29(25-23-28)33-20-12-13-21-34(33)37-42-44-45-47(37)39(30-14-6-3-7-15-30,31-16-8-4-9-17-31)32-18-10-5-11-19-32/h3-25,27H,2,26H2,1H3/p+1. The van der Waals surface area contributed by atoms with Gasteiger partial charge in [0, 0.05) is 29.3 Å². The first-order valence-electron chi connectivity index (χ1n) is 16.0. The van der Waals surface area contributed by atoms with Gasteiger partial charge < -0.3 is 0 Å². The number of rotatable bonds is 9. The summed E-state index contributed by atoms with van der Waals surface area (Å²) >= 11 is 6.49. The van der Waals surface area contributed by atoms with Gasteiger partial charge in [0.2, 0.25) is 0 Å². The van der Waals surface area contributed by atoms with Crippen LogP contribution in [0.25, 0.3) is 28.2 Å². The summed E-state index contributed by atoms with van der Waals surface area (Å²) in [5, 5.41) is 17.7. The fourth-order valence-electron chi connectivity index (χ4n) is 6.63. The first-order valence-corrected chi connectivity index (χ1v) is 16.3. The van der Waals surface area contributed by atoms with Gasteiger partial charge in [-0.25, -0.2) is 4.98 Å². The monoisotopic (exact) mass is 647 g/mol. The third-order valence-corrected chi connectivity index (χ3v) is 9.13. The third-order valence-electron chi connectivity index (χ3n) is 8.86. The lowest BCUT2D eigenvalue weighted by atomic mass is 9.77. The molecule has 9 heteroatoms. The molecule has 0 atom stereocenters. The number of aromatic nitrogens is 8. The van der Waals surface area contributed by atoms with Gasteiger partial charge in [-0.1, -0.05) is 157 Å². The van der Waals surface area contributed by atoms with Gasteiger partial charge in [-0.3, -0.25) is 4.68 Å². The van der Waals surface area contributed by atoms with E-state index in [0.29, 0.717) is 23.0 Å². The average Bonchev–Trinajstić information content (AvgIpc) is 3.88. The van der Waals surface area contributed by atoms with Gasteiger partial charge in [0.25, 0.3) is 0 Å². The maximum Gasteiger partial charge on any atom is 0.334 e. The molecule has 8 nitrogen and oxygen atoms in total. The second kappa shape index (κ2) is 12.4. The molecule has 3 aromatic heterocycles. The van der Waals surface area contributed by atoms with E-state index in [2.05, 4.69) is 140 Å². The number of fused-ring (bicyclic) bond motifs is 1. The maximum absolute atomic E-state index is 6.49. The molecule has 0 aliphatic rings. The SMILES string of the molecule is CCc1nc2c(Cl)cn(Cc3ccc(-c4ccccc4-c4nn[nH][n+]4C(c4ccccc4)(c4ccccc4)c4ccccc4)cc3)n2n1. The van der Waals surface area contributed by atoms with Crippen molar-refractivity contribution < 1.29 is 4.68 Å². The number of nitrogens with zero attached hydrogens (tertiary/aromatic N) is 7. The van der Waals surface area contributed by atoms with E-state index < -0.39 is 5.54 Å². The van der Waals surface area contributed by atoms with Crippen molar-refractivity contribution in [2.45, 2.75) is 25.4 Å². The quantitative estimate of drug-likeness (QED) is 0.131. The minimum Gasteiger partial charge on any atom is -0.265 e. The summed E-state index contributed by atoms with van der Waals surface area (Å²) in [6, 6.07) is 48.5. The molecule has 3 heterocycles. The number of benzene rings is 5. The summed E-state index contributed by atoms with van der Waals surface area (Å²) in [7, 11) is 0. The van der Waals surface area contributed by atoms with Gasteiger partial charge in [-0.15, -0.1) is 14.4 Å². The minimum atomic E-state index is -0.790. The molecule has 0 unspecified atom stereocenters. The van der Waals surface area contributed by atoms with Crippen molar-refractivity contribution in [2.75, 3.05) is 0 Å². The number of tetrazole rings is 1. The molecule has 0 spiro atoms. The van der Waals surface area contributed by atoms with E-state index in [1.165, 1.54) is 0 Å². The largest absolute Gasteiger partial charge is 0.334 e. The summed E-state index contributed by atoms with van der Waals surface area (Å²) in [4.78, 5) is 4.55. The minimum absolute atomic E-state index is 0.589. The van der Waals surface area contributed by atoms with Gasteiger partial charge in [0.1, 0.15) is 10.1 Å². The predicted molar refractivity (Wildman–Crippen MR) is 187 cm³/mol. The van der Waals surface area contributed by atoms with Crippen LogP contribution in [-0.2, 0) is 18.5 Å². The van der Waals surface area contributed by atoms with Gasteiger partial charge in [0.15, 0.2) is 22.2 Å². The van der Waals surface area contributed by atoms with E-state index in [1.807, 2.05) is 42.1 Å². The van der Waals surface area contributed by atoms with Crippen molar-refractivity contribution >= 4 is 17.2 Å². The van der Waals surface area contributed by atoms with Gasteiger partial charge in [-0.05, 0) is 22.8 Å². The van der Waals surface area contributed by atoms with Crippen molar-refractivity contribution in [2.24, 2.45) is 0 Å². The Balaban J connectivity index is 1.24. The van der Waals surface area contributed by atoms with Crippen LogP contribution in [0, 0.1) is 0 Å². The second-order valence-electron chi connectivity index (χ2n) is 11.7. The van der Waals surface area contributed by atoms with E-state index >= 15 is 0 Å². The van der Waals surface area contributed by atoms with Crippen molar-refractivity contribution in [3.8, 4) is 22.5 Å². The molecule has 0 radical (unpaired) electrons. The fraction of sp³-hybridized carbons (Fsp3) is 0.103. The van der Waals surface area contributed by atoms with Crippen molar-refractivity contribution in [1.29, 1.82) is 0 Å². The van der Waals surface area contributed by atoms with Gasteiger partial charge in [0.05, 0.1) is 12.1 Å². The van der Waals surface area contributed by atoms with Crippen LogP contribution in [0.2, 0.25) is 5.02 Å². The number of H-pyrrole nitrogens is 1. The van der Waals surface area contributed by atoms with E-state index in [9.17, 15) is 0 Å². The van der Waals surface area contributed by atoms with E-state index in [-0.39, 0.29) is 0 Å². The van der Waals surface area contributed by atoms with Crippen LogP contribution in [0.5, 0.6) is 0 Å². The first kappa shape index (κ1) is 29.5. The van der Waals surface area contributed by atoms with Crippen LogP contribution in [0.1, 0.15) is 35.0 Å². The molecule has 0 amide bonds. The fourth-order valence-corrected chi connectivity index (χ4v) is 6.86. The van der Waals surface area contributed by atoms with Gasteiger partial charge >= 0.3 is 5.82 Å².